The van der Waals surface area contributed by atoms with Crippen LogP contribution in [0.2, 0.25) is 0 Å². The zero-order valence-corrected chi connectivity index (χ0v) is 12.2. The van der Waals surface area contributed by atoms with E-state index in [0.717, 1.165) is 28.2 Å². The monoisotopic (exact) mass is 345 g/mol. The summed E-state index contributed by atoms with van der Waals surface area (Å²) >= 11 is 2.25. The van der Waals surface area contributed by atoms with Gasteiger partial charge in [-0.2, -0.15) is 5.10 Å². The van der Waals surface area contributed by atoms with E-state index in [-0.39, 0.29) is 0 Å². The largest absolute Gasteiger partial charge is 0.462 e. The van der Waals surface area contributed by atoms with Crippen molar-refractivity contribution in [2.45, 2.75) is 26.9 Å². The van der Waals surface area contributed by atoms with Crippen molar-refractivity contribution < 1.29 is 4.42 Å². The molecular formula is C12H16IN3O. The summed E-state index contributed by atoms with van der Waals surface area (Å²) in [7, 11) is 0. The molecule has 0 aromatic carbocycles. The van der Waals surface area contributed by atoms with Crippen molar-refractivity contribution in [2.75, 3.05) is 6.54 Å². The fourth-order valence-corrected chi connectivity index (χ4v) is 2.11. The molecule has 0 atom stereocenters. The van der Waals surface area contributed by atoms with Crippen molar-refractivity contribution in [3.8, 4) is 0 Å². The van der Waals surface area contributed by atoms with Gasteiger partial charge in [0.15, 0.2) is 0 Å². The normalized spacial score (nSPS) is 11.0. The highest BCUT2D eigenvalue weighted by Crippen LogP contribution is 2.15. The maximum Gasteiger partial charge on any atom is 0.126 e. The quantitative estimate of drug-likeness (QED) is 0.847. The lowest BCUT2D eigenvalue weighted by molar-refractivity contribution is 0.431. The molecule has 2 heterocycles. The van der Waals surface area contributed by atoms with E-state index in [2.05, 4.69) is 52.9 Å². The highest BCUT2D eigenvalue weighted by atomic mass is 127. The first-order valence-electron chi connectivity index (χ1n) is 5.66. The predicted octanol–water partition coefficient (Wildman–Crippen LogP) is 2.55. The number of nitrogens with one attached hydrogen (secondary N) is 1. The van der Waals surface area contributed by atoms with E-state index in [1.807, 2.05) is 17.1 Å². The summed E-state index contributed by atoms with van der Waals surface area (Å²) in [5.74, 6) is 1.97. The highest BCUT2D eigenvalue weighted by Gasteiger charge is 2.08. The van der Waals surface area contributed by atoms with Gasteiger partial charge in [0.1, 0.15) is 11.5 Å². The van der Waals surface area contributed by atoms with Crippen LogP contribution in [0.15, 0.2) is 22.9 Å². The molecule has 0 spiro atoms. The van der Waals surface area contributed by atoms with Gasteiger partial charge in [0.25, 0.3) is 0 Å². The lowest BCUT2D eigenvalue weighted by atomic mass is 10.2. The molecule has 5 heteroatoms. The van der Waals surface area contributed by atoms with Crippen LogP contribution < -0.4 is 5.32 Å². The second-order valence-electron chi connectivity index (χ2n) is 3.96. The van der Waals surface area contributed by atoms with Crippen LogP contribution in [0, 0.1) is 10.5 Å². The second-order valence-corrected chi connectivity index (χ2v) is 5.20. The number of furan rings is 1. The van der Waals surface area contributed by atoms with Gasteiger partial charge in [-0.1, -0.05) is 6.92 Å². The molecule has 2 rings (SSSR count). The summed E-state index contributed by atoms with van der Waals surface area (Å²) in [4.78, 5) is 0. The summed E-state index contributed by atoms with van der Waals surface area (Å²) in [6, 6.07) is 2.08. The Hall–Kier alpha value is -0.820. The van der Waals surface area contributed by atoms with E-state index in [0.29, 0.717) is 6.54 Å². The Bertz CT molecular complexity index is 490. The number of nitrogens with zero attached hydrogens (tertiary/aromatic N) is 2. The van der Waals surface area contributed by atoms with Gasteiger partial charge in [-0.15, -0.1) is 0 Å². The van der Waals surface area contributed by atoms with Gasteiger partial charge in [-0.05, 0) is 47.7 Å². The third-order valence-corrected chi connectivity index (χ3v) is 3.08. The molecule has 0 saturated heterocycles. The van der Waals surface area contributed by atoms with E-state index in [9.17, 15) is 0 Å². The molecule has 0 unspecified atom stereocenters. The Balaban J connectivity index is 2.06. The van der Waals surface area contributed by atoms with Crippen molar-refractivity contribution in [2.24, 2.45) is 0 Å². The minimum absolute atomic E-state index is 0.690. The maximum atomic E-state index is 5.80. The van der Waals surface area contributed by atoms with Gasteiger partial charge in [0.05, 0.1) is 22.9 Å². The van der Waals surface area contributed by atoms with Crippen LogP contribution in [0.1, 0.15) is 24.0 Å². The van der Waals surface area contributed by atoms with Crippen molar-refractivity contribution in [3.63, 3.8) is 0 Å². The Morgan fingerprint density at radius 2 is 2.35 bits per heavy atom. The first-order chi connectivity index (χ1) is 8.19. The Morgan fingerprint density at radius 1 is 1.53 bits per heavy atom. The van der Waals surface area contributed by atoms with Crippen molar-refractivity contribution in [1.29, 1.82) is 0 Å². The molecule has 0 aliphatic carbocycles. The fraction of sp³-hybridized carbons (Fsp3) is 0.417. The maximum absolute atomic E-state index is 5.80. The Kier molecular flexibility index (Phi) is 4.22. The molecule has 0 saturated carbocycles. The number of aryl methyl sites for hydroxylation is 1. The summed E-state index contributed by atoms with van der Waals surface area (Å²) in [5, 5.41) is 7.51. The SMILES string of the molecule is CCNCc1oc(Cn2cc(I)cn2)cc1C. The van der Waals surface area contributed by atoms with Gasteiger partial charge in [-0.3, -0.25) is 4.68 Å². The molecule has 0 bridgehead atoms. The van der Waals surface area contributed by atoms with Gasteiger partial charge < -0.3 is 9.73 Å². The lowest BCUT2D eigenvalue weighted by Crippen LogP contribution is -2.11. The Labute approximate surface area is 115 Å². The van der Waals surface area contributed by atoms with E-state index >= 15 is 0 Å². The lowest BCUT2D eigenvalue weighted by Gasteiger charge is -1.99. The number of hydrogen-bond donors (Lipinski definition) is 1. The van der Waals surface area contributed by atoms with Gasteiger partial charge >= 0.3 is 0 Å². The average molecular weight is 345 g/mol. The smallest absolute Gasteiger partial charge is 0.126 e. The molecule has 0 aliphatic heterocycles. The Morgan fingerprint density at radius 3 is 3.00 bits per heavy atom. The molecule has 0 fully saturated rings. The van der Waals surface area contributed by atoms with Crippen LogP contribution in [-0.2, 0) is 13.1 Å². The van der Waals surface area contributed by atoms with Crippen LogP contribution in [0.4, 0.5) is 0 Å². The summed E-state index contributed by atoms with van der Waals surface area (Å²) in [5.41, 5.74) is 1.20. The molecule has 0 radical (unpaired) electrons. The summed E-state index contributed by atoms with van der Waals surface area (Å²) in [6.07, 6.45) is 3.85. The molecule has 0 aliphatic rings. The summed E-state index contributed by atoms with van der Waals surface area (Å²) in [6.45, 7) is 6.60. The second kappa shape index (κ2) is 5.68. The minimum Gasteiger partial charge on any atom is -0.462 e. The highest BCUT2D eigenvalue weighted by molar-refractivity contribution is 14.1. The van der Waals surface area contributed by atoms with Gasteiger partial charge in [-0.25, -0.2) is 0 Å². The molecule has 2 aromatic rings. The molecule has 92 valence electrons. The molecular weight excluding hydrogens is 329 g/mol. The van der Waals surface area contributed by atoms with Crippen molar-refractivity contribution in [1.82, 2.24) is 15.1 Å². The standard InChI is InChI=1S/C12H16IN3O/c1-3-14-6-12-9(2)4-11(17-12)8-16-7-10(13)5-15-16/h4-5,7,14H,3,6,8H2,1-2H3. The topological polar surface area (TPSA) is 43.0 Å². The van der Waals surface area contributed by atoms with Crippen molar-refractivity contribution in [3.05, 3.63) is 39.1 Å². The first kappa shape index (κ1) is 12.6. The number of halogens is 1. The van der Waals surface area contributed by atoms with Crippen molar-refractivity contribution >= 4 is 22.6 Å². The average Bonchev–Trinajstić information content (AvgIpc) is 2.83. The molecule has 1 N–H and O–H groups in total. The van der Waals surface area contributed by atoms with Crippen LogP contribution in [-0.4, -0.2) is 16.3 Å². The van der Waals surface area contributed by atoms with Crippen LogP contribution >= 0.6 is 22.6 Å². The molecule has 2 aromatic heterocycles. The van der Waals surface area contributed by atoms with Crippen LogP contribution in [0.3, 0.4) is 0 Å². The van der Waals surface area contributed by atoms with E-state index in [1.54, 1.807) is 0 Å². The fourth-order valence-electron chi connectivity index (χ4n) is 1.67. The van der Waals surface area contributed by atoms with E-state index in [1.165, 1.54) is 5.56 Å². The predicted molar refractivity (Wildman–Crippen MR) is 74.9 cm³/mol. The zero-order valence-electron chi connectivity index (χ0n) is 10.0. The molecule has 4 nitrogen and oxygen atoms in total. The number of rotatable bonds is 5. The summed E-state index contributed by atoms with van der Waals surface area (Å²) < 4.78 is 8.83. The van der Waals surface area contributed by atoms with Gasteiger partial charge in [0.2, 0.25) is 0 Å². The molecule has 17 heavy (non-hydrogen) atoms. The van der Waals surface area contributed by atoms with Crippen LogP contribution in [0.25, 0.3) is 0 Å². The molecule has 0 amide bonds. The van der Waals surface area contributed by atoms with E-state index in [4.69, 9.17) is 4.42 Å². The number of hydrogen-bond acceptors (Lipinski definition) is 3. The third kappa shape index (κ3) is 3.32. The van der Waals surface area contributed by atoms with Crippen LogP contribution in [0.5, 0.6) is 0 Å². The number of aromatic nitrogens is 2. The first-order valence-corrected chi connectivity index (χ1v) is 6.73. The van der Waals surface area contributed by atoms with Gasteiger partial charge in [0, 0.05) is 6.20 Å². The minimum atomic E-state index is 0.690. The third-order valence-electron chi connectivity index (χ3n) is 2.53. The van der Waals surface area contributed by atoms with E-state index < -0.39 is 0 Å². The zero-order chi connectivity index (χ0) is 12.3.